The Morgan fingerprint density at radius 3 is 2.79 bits per heavy atom. The molecule has 7 heteroatoms. The van der Waals surface area contributed by atoms with Crippen molar-refractivity contribution in [3.63, 3.8) is 0 Å². The van der Waals surface area contributed by atoms with E-state index in [0.29, 0.717) is 48.9 Å². The zero-order chi connectivity index (χ0) is 17.7. The second kappa shape index (κ2) is 8.05. The van der Waals surface area contributed by atoms with Crippen LogP contribution in [-0.2, 0) is 0 Å². The molecule has 1 aliphatic heterocycles. The Morgan fingerprint density at radius 2 is 2.17 bits per heavy atom. The molecule has 24 heavy (non-hydrogen) atoms. The van der Waals surface area contributed by atoms with E-state index >= 15 is 0 Å². The Balaban J connectivity index is 1.96. The van der Waals surface area contributed by atoms with Crippen LogP contribution in [0.2, 0.25) is 5.02 Å². The van der Waals surface area contributed by atoms with Crippen LogP contribution >= 0.6 is 11.6 Å². The van der Waals surface area contributed by atoms with Gasteiger partial charge in [-0.15, -0.1) is 0 Å². The molecule has 6 nitrogen and oxygen atoms in total. The van der Waals surface area contributed by atoms with Crippen molar-refractivity contribution >= 4 is 23.3 Å². The molecule has 0 aliphatic carbocycles. The third-order valence-electron chi connectivity index (χ3n) is 4.22. The number of methoxy groups -OCH3 is 1. The van der Waals surface area contributed by atoms with E-state index in [9.17, 15) is 9.90 Å². The molecule has 0 aromatic heterocycles. The van der Waals surface area contributed by atoms with Crippen molar-refractivity contribution in [3.05, 3.63) is 23.2 Å². The molecule has 1 saturated heterocycles. The fourth-order valence-electron chi connectivity index (χ4n) is 3.08. The number of nitrogens with zero attached hydrogens (tertiary/aromatic N) is 2. The summed E-state index contributed by atoms with van der Waals surface area (Å²) in [4.78, 5) is 16.2. The van der Waals surface area contributed by atoms with Gasteiger partial charge in [0.15, 0.2) is 0 Å². The largest absolute Gasteiger partial charge is 0.495 e. The zero-order valence-electron chi connectivity index (χ0n) is 14.5. The van der Waals surface area contributed by atoms with Crippen molar-refractivity contribution in [2.45, 2.75) is 24.9 Å². The normalized spacial score (nSPS) is 21.5. The molecule has 0 spiro atoms. The van der Waals surface area contributed by atoms with Crippen LogP contribution in [0.5, 0.6) is 5.75 Å². The highest BCUT2D eigenvalue weighted by atomic mass is 35.5. The molecule has 1 aromatic carbocycles. The summed E-state index contributed by atoms with van der Waals surface area (Å²) in [6.07, 6.45) is 2.05. The molecular formula is C17H26ClN3O3. The van der Waals surface area contributed by atoms with Crippen LogP contribution in [0.1, 0.15) is 19.3 Å². The predicted molar refractivity (Wildman–Crippen MR) is 96.0 cm³/mol. The summed E-state index contributed by atoms with van der Waals surface area (Å²) in [5.74, 6) is 0.568. The van der Waals surface area contributed by atoms with Gasteiger partial charge in [-0.25, -0.2) is 4.79 Å². The minimum atomic E-state index is -0.734. The van der Waals surface area contributed by atoms with E-state index in [0.717, 1.165) is 6.42 Å². The predicted octanol–water partition coefficient (Wildman–Crippen LogP) is 2.66. The number of carbonyl (C=O) groups excluding carboxylic acids is 1. The van der Waals surface area contributed by atoms with Crippen molar-refractivity contribution in [1.82, 2.24) is 9.80 Å². The van der Waals surface area contributed by atoms with Crippen molar-refractivity contribution < 1.29 is 14.6 Å². The van der Waals surface area contributed by atoms with E-state index in [2.05, 4.69) is 5.32 Å². The molecule has 134 valence electrons. The molecule has 0 saturated carbocycles. The molecule has 1 unspecified atom stereocenters. The highest BCUT2D eigenvalue weighted by Crippen LogP contribution is 2.28. The molecule has 1 atom stereocenters. The van der Waals surface area contributed by atoms with Gasteiger partial charge in [0.05, 0.1) is 17.7 Å². The summed E-state index contributed by atoms with van der Waals surface area (Å²) in [7, 11) is 5.44. The van der Waals surface area contributed by atoms with Crippen LogP contribution in [0.4, 0.5) is 10.5 Å². The van der Waals surface area contributed by atoms with Gasteiger partial charge in [0, 0.05) is 25.3 Å². The number of urea groups is 1. The maximum Gasteiger partial charge on any atom is 0.321 e. The molecular weight excluding hydrogens is 330 g/mol. The molecule has 0 bridgehead atoms. The molecule has 0 radical (unpaired) electrons. The molecule has 1 fully saturated rings. The molecule has 1 aliphatic rings. The third kappa shape index (κ3) is 5.00. The van der Waals surface area contributed by atoms with Gasteiger partial charge in [0.2, 0.25) is 0 Å². The molecule has 2 amide bonds. The quantitative estimate of drug-likeness (QED) is 0.871. The fraction of sp³-hybridized carbons (Fsp3) is 0.588. The summed E-state index contributed by atoms with van der Waals surface area (Å²) < 4.78 is 5.11. The first-order valence-electron chi connectivity index (χ1n) is 8.09. The number of halogens is 1. The lowest BCUT2D eigenvalue weighted by Gasteiger charge is -2.29. The van der Waals surface area contributed by atoms with Crippen molar-refractivity contribution in [1.29, 1.82) is 0 Å². The zero-order valence-corrected chi connectivity index (χ0v) is 15.3. The number of likely N-dealkylation sites (tertiary alicyclic amines) is 1. The Hall–Kier alpha value is -1.50. The number of nitrogens with one attached hydrogen (secondary N) is 1. The van der Waals surface area contributed by atoms with Gasteiger partial charge in [-0.1, -0.05) is 11.6 Å². The van der Waals surface area contributed by atoms with E-state index in [1.54, 1.807) is 30.2 Å². The number of aliphatic hydroxyl groups is 1. The van der Waals surface area contributed by atoms with Gasteiger partial charge in [0.25, 0.3) is 0 Å². The van der Waals surface area contributed by atoms with Gasteiger partial charge in [-0.3, -0.25) is 0 Å². The molecule has 2 rings (SSSR count). The number of amides is 2. The van der Waals surface area contributed by atoms with Crippen molar-refractivity contribution in [3.8, 4) is 5.75 Å². The van der Waals surface area contributed by atoms with Gasteiger partial charge < -0.3 is 25.0 Å². The lowest BCUT2D eigenvalue weighted by molar-refractivity contribution is 0.00361. The average molecular weight is 356 g/mol. The number of hydrogen-bond acceptors (Lipinski definition) is 4. The van der Waals surface area contributed by atoms with Gasteiger partial charge in [0.1, 0.15) is 5.75 Å². The number of benzene rings is 1. The number of rotatable bonds is 4. The first-order chi connectivity index (χ1) is 11.3. The molecule has 1 aromatic rings. The minimum absolute atomic E-state index is 0.176. The number of likely N-dealkylation sites (N-methyl/N-ethyl adjacent to an activating group) is 1. The summed E-state index contributed by atoms with van der Waals surface area (Å²) >= 11 is 6.08. The summed E-state index contributed by atoms with van der Waals surface area (Å²) in [5.41, 5.74) is -0.110. The number of hydrogen-bond donors (Lipinski definition) is 2. The highest BCUT2D eigenvalue weighted by molar-refractivity contribution is 6.32. The van der Waals surface area contributed by atoms with Crippen LogP contribution in [0.3, 0.4) is 0 Å². The first kappa shape index (κ1) is 18.8. The minimum Gasteiger partial charge on any atom is -0.495 e. The Labute approximate surface area is 148 Å². The SMILES string of the molecule is COc1ccc(NC(=O)N2CCCC(O)(CN(C)C)CC2)cc1Cl. The van der Waals surface area contributed by atoms with E-state index in [4.69, 9.17) is 16.3 Å². The maximum absolute atomic E-state index is 12.5. The van der Waals surface area contributed by atoms with Crippen molar-refractivity contribution in [2.24, 2.45) is 0 Å². The number of anilines is 1. The number of carbonyl (C=O) groups is 1. The monoisotopic (exact) mass is 355 g/mol. The van der Waals surface area contributed by atoms with Crippen LogP contribution < -0.4 is 10.1 Å². The third-order valence-corrected chi connectivity index (χ3v) is 4.51. The van der Waals surface area contributed by atoms with Gasteiger partial charge in [-0.05, 0) is 51.6 Å². The first-order valence-corrected chi connectivity index (χ1v) is 8.47. The second-order valence-electron chi connectivity index (χ2n) is 6.58. The van der Waals surface area contributed by atoms with E-state index in [1.165, 1.54) is 0 Å². The van der Waals surface area contributed by atoms with Crippen molar-refractivity contribution in [2.75, 3.05) is 46.2 Å². The Bertz CT molecular complexity index is 582. The highest BCUT2D eigenvalue weighted by Gasteiger charge is 2.32. The smallest absolute Gasteiger partial charge is 0.321 e. The summed E-state index contributed by atoms with van der Waals surface area (Å²) in [6, 6.07) is 4.96. The van der Waals surface area contributed by atoms with Gasteiger partial charge >= 0.3 is 6.03 Å². The average Bonchev–Trinajstić information content (AvgIpc) is 2.68. The maximum atomic E-state index is 12.5. The van der Waals surface area contributed by atoms with Crippen LogP contribution in [0.25, 0.3) is 0 Å². The second-order valence-corrected chi connectivity index (χ2v) is 6.99. The molecule has 1 heterocycles. The standard InChI is InChI=1S/C17H26ClN3O3/c1-20(2)12-17(23)7-4-9-21(10-8-17)16(22)19-13-5-6-15(24-3)14(18)11-13/h5-6,11,23H,4,7-10,12H2,1-3H3,(H,19,22). The Kier molecular flexibility index (Phi) is 6.32. The lowest BCUT2D eigenvalue weighted by Crippen LogP contribution is -2.42. The fourth-order valence-corrected chi connectivity index (χ4v) is 3.33. The summed E-state index contributed by atoms with van der Waals surface area (Å²) in [6.45, 7) is 1.77. The van der Waals surface area contributed by atoms with Crippen LogP contribution in [-0.4, -0.2) is 67.4 Å². The number of ether oxygens (including phenoxy) is 1. The van der Waals surface area contributed by atoms with E-state index in [-0.39, 0.29) is 6.03 Å². The van der Waals surface area contributed by atoms with E-state index in [1.807, 2.05) is 19.0 Å². The van der Waals surface area contributed by atoms with Crippen LogP contribution in [0.15, 0.2) is 18.2 Å². The van der Waals surface area contributed by atoms with Gasteiger partial charge in [-0.2, -0.15) is 0 Å². The Morgan fingerprint density at radius 1 is 1.42 bits per heavy atom. The topological polar surface area (TPSA) is 65.0 Å². The van der Waals surface area contributed by atoms with Crippen LogP contribution in [0, 0.1) is 0 Å². The van der Waals surface area contributed by atoms with E-state index < -0.39 is 5.60 Å². The molecule has 2 N–H and O–H groups in total. The lowest BCUT2D eigenvalue weighted by atomic mass is 9.94. The summed E-state index contributed by atoms with van der Waals surface area (Å²) in [5, 5.41) is 14.0.